The Morgan fingerprint density at radius 2 is 1.80 bits per heavy atom. The van der Waals surface area contributed by atoms with Crippen LogP contribution in [0.3, 0.4) is 0 Å². The van der Waals surface area contributed by atoms with Gasteiger partial charge in [0.2, 0.25) is 11.9 Å². The molecule has 0 unspecified atom stereocenters. The highest BCUT2D eigenvalue weighted by Gasteiger charge is 2.24. The number of aryl methyl sites for hydroxylation is 1. The molecule has 0 aliphatic heterocycles. The molecule has 8 nitrogen and oxygen atoms in total. The zero-order valence-corrected chi connectivity index (χ0v) is 26.4. The summed E-state index contributed by atoms with van der Waals surface area (Å²) in [7, 11) is 0. The fourth-order valence-corrected chi connectivity index (χ4v) is 4.91. The van der Waals surface area contributed by atoms with Gasteiger partial charge in [-0.2, -0.15) is 0 Å². The van der Waals surface area contributed by atoms with E-state index in [1.165, 1.54) is 30.3 Å². The van der Waals surface area contributed by atoms with Gasteiger partial charge in [0, 0.05) is 24.6 Å². The minimum absolute atomic E-state index is 0.154. The molecule has 4 aromatic rings. The van der Waals surface area contributed by atoms with Crippen LogP contribution in [0.25, 0.3) is 11.0 Å². The van der Waals surface area contributed by atoms with Crippen LogP contribution in [-0.4, -0.2) is 34.4 Å². The van der Waals surface area contributed by atoms with Crippen molar-refractivity contribution >= 4 is 75.0 Å². The number of imidazole rings is 1. The summed E-state index contributed by atoms with van der Waals surface area (Å²) < 4.78 is 47.7. The molecule has 0 saturated heterocycles. The van der Waals surface area contributed by atoms with E-state index in [9.17, 15) is 22.8 Å². The summed E-state index contributed by atoms with van der Waals surface area (Å²) in [6, 6.07) is 10.2. The predicted molar refractivity (Wildman–Crippen MR) is 167 cm³/mol. The summed E-state index contributed by atoms with van der Waals surface area (Å²) in [6.07, 6.45) is -2.81. The third-order valence-electron chi connectivity index (χ3n) is 6.50. The van der Waals surface area contributed by atoms with Gasteiger partial charge in [0.15, 0.2) is 5.82 Å². The minimum Gasteiger partial charge on any atom is -0.487 e. The van der Waals surface area contributed by atoms with Gasteiger partial charge in [-0.15, -0.1) is 0 Å². The molecule has 0 spiro atoms. The molecule has 2 amide bonds. The number of carbonyl (C=O) groups excluding carboxylic acids is 2. The van der Waals surface area contributed by atoms with Crippen molar-refractivity contribution in [3.8, 4) is 5.75 Å². The number of ether oxygens (including phenoxy) is 1. The Hall–Kier alpha value is -3.67. The van der Waals surface area contributed by atoms with Gasteiger partial charge in [0.05, 0.1) is 43.0 Å². The lowest BCUT2D eigenvalue weighted by Gasteiger charge is -2.19. The maximum Gasteiger partial charge on any atom is 0.272 e. The fourth-order valence-electron chi connectivity index (χ4n) is 4.21. The molecule has 234 valence electrons. The Bertz CT molecular complexity index is 1720. The molecule has 0 aliphatic carbocycles. The third kappa shape index (κ3) is 7.34. The Morgan fingerprint density at radius 3 is 2.45 bits per heavy atom. The van der Waals surface area contributed by atoms with Gasteiger partial charge in [0.1, 0.15) is 12.4 Å². The molecule has 3 aromatic carbocycles. The maximum absolute atomic E-state index is 14.5. The average molecular weight is 671 g/mol. The summed E-state index contributed by atoms with van der Waals surface area (Å²) in [5.41, 5.74) is 0.725. The van der Waals surface area contributed by atoms with Gasteiger partial charge >= 0.3 is 0 Å². The topological polar surface area (TPSA) is 97.3 Å². The van der Waals surface area contributed by atoms with E-state index in [0.29, 0.717) is 28.8 Å². The lowest BCUT2D eigenvalue weighted by molar-refractivity contribution is -0.128. The molecule has 0 bridgehead atoms. The zero-order valence-electron chi connectivity index (χ0n) is 24.1. The quantitative estimate of drug-likeness (QED) is 0.157. The molecular formula is C30H29Cl3F3N5O3. The van der Waals surface area contributed by atoms with Crippen molar-refractivity contribution in [2.75, 3.05) is 17.2 Å². The van der Waals surface area contributed by atoms with E-state index < -0.39 is 30.2 Å². The van der Waals surface area contributed by atoms with Crippen LogP contribution < -0.4 is 20.7 Å². The summed E-state index contributed by atoms with van der Waals surface area (Å²) in [6.45, 7) is 6.75. The average Bonchev–Trinajstić information content (AvgIpc) is 3.30. The van der Waals surface area contributed by atoms with Crippen LogP contribution in [0.1, 0.15) is 43.6 Å². The summed E-state index contributed by atoms with van der Waals surface area (Å²) >= 11 is 19.0. The van der Waals surface area contributed by atoms with Gasteiger partial charge in [0.25, 0.3) is 12.3 Å². The van der Waals surface area contributed by atoms with Crippen LogP contribution in [0, 0.1) is 11.2 Å². The first-order valence-electron chi connectivity index (χ1n) is 13.4. The number of carbonyl (C=O) groups is 2. The molecule has 3 N–H and O–H groups in total. The van der Waals surface area contributed by atoms with E-state index in [1.807, 2.05) is 6.92 Å². The smallest absolute Gasteiger partial charge is 0.272 e. The van der Waals surface area contributed by atoms with E-state index >= 15 is 0 Å². The number of benzene rings is 3. The Labute approximate surface area is 266 Å². The highest BCUT2D eigenvalue weighted by molar-refractivity contribution is 6.39. The van der Waals surface area contributed by atoms with Gasteiger partial charge in [-0.3, -0.25) is 9.59 Å². The summed E-state index contributed by atoms with van der Waals surface area (Å²) in [5.74, 6) is -1.72. The number of hydrogen-bond donors (Lipinski definition) is 3. The van der Waals surface area contributed by atoms with E-state index in [4.69, 9.17) is 39.5 Å². The first-order valence-corrected chi connectivity index (χ1v) is 14.6. The van der Waals surface area contributed by atoms with Crippen molar-refractivity contribution in [1.29, 1.82) is 0 Å². The number of rotatable bonds is 10. The Kier molecular flexibility index (Phi) is 10.2. The molecular weight excluding hydrogens is 642 g/mol. The number of halogens is 6. The zero-order chi connectivity index (χ0) is 32.3. The largest absolute Gasteiger partial charge is 0.487 e. The molecule has 1 heterocycles. The van der Waals surface area contributed by atoms with Crippen LogP contribution in [0.15, 0.2) is 42.5 Å². The first kappa shape index (κ1) is 33.2. The van der Waals surface area contributed by atoms with E-state index in [0.717, 1.165) is 0 Å². The first-order chi connectivity index (χ1) is 20.7. The van der Waals surface area contributed by atoms with E-state index in [1.54, 1.807) is 37.5 Å². The van der Waals surface area contributed by atoms with Gasteiger partial charge < -0.3 is 25.3 Å². The number of hydrogen-bond acceptors (Lipinski definition) is 5. The summed E-state index contributed by atoms with van der Waals surface area (Å²) in [5, 5.41) is 8.71. The van der Waals surface area contributed by atoms with Crippen LogP contribution in [0.5, 0.6) is 5.75 Å². The number of anilines is 3. The highest BCUT2D eigenvalue weighted by Crippen LogP contribution is 2.37. The van der Waals surface area contributed by atoms with Crippen molar-refractivity contribution in [1.82, 2.24) is 14.9 Å². The number of fused-ring (bicyclic) bond motifs is 1. The Balaban J connectivity index is 1.73. The number of nitrogens with zero attached hydrogens (tertiary/aromatic N) is 2. The van der Waals surface area contributed by atoms with Crippen LogP contribution >= 0.6 is 34.8 Å². The van der Waals surface area contributed by atoms with Gasteiger partial charge in [-0.25, -0.2) is 18.2 Å². The van der Waals surface area contributed by atoms with E-state index in [2.05, 4.69) is 20.9 Å². The standard InChI is InChI=1S/C30H29Cl3F3N5O3/c1-5-41-21-12-22(44-14-23(34)35)16(27(42)38-19-8-6-7-17(31)25(19)36)11-20(21)39-29(41)40-26-18(32)10-9-15(24(26)33)13-37-28(43)30(2,3)4/h6-12,23H,5,13-14H2,1-4H3,(H,37,43)(H,38,42)(H,39,40). The van der Waals surface area contributed by atoms with Crippen LogP contribution in [0.4, 0.5) is 30.5 Å². The van der Waals surface area contributed by atoms with Crippen LogP contribution in [0.2, 0.25) is 15.1 Å². The number of amides is 2. The SMILES string of the molecule is CCn1c(Nc2c(Cl)ccc(CNC(=O)C(C)(C)C)c2Cl)nc2cc(C(=O)Nc3cccc(Cl)c3F)c(OCC(F)F)cc21. The molecule has 0 atom stereocenters. The molecule has 0 saturated carbocycles. The number of nitrogens with one attached hydrogen (secondary N) is 3. The monoisotopic (exact) mass is 669 g/mol. The van der Waals surface area contributed by atoms with Gasteiger partial charge in [-0.1, -0.05) is 67.7 Å². The Morgan fingerprint density at radius 1 is 1.07 bits per heavy atom. The predicted octanol–water partition coefficient (Wildman–Crippen LogP) is 8.46. The second kappa shape index (κ2) is 13.5. The number of aromatic nitrogens is 2. The van der Waals surface area contributed by atoms with Crippen molar-refractivity contribution in [2.45, 2.75) is 47.2 Å². The van der Waals surface area contributed by atoms with Gasteiger partial charge in [-0.05, 0) is 36.8 Å². The van der Waals surface area contributed by atoms with Crippen molar-refractivity contribution < 1.29 is 27.5 Å². The third-order valence-corrected chi connectivity index (χ3v) is 7.54. The van der Waals surface area contributed by atoms with Crippen LogP contribution in [-0.2, 0) is 17.9 Å². The molecule has 0 radical (unpaired) electrons. The molecule has 14 heteroatoms. The molecule has 0 aliphatic rings. The minimum atomic E-state index is -2.81. The number of alkyl halides is 2. The maximum atomic E-state index is 14.5. The second-order valence-corrected chi connectivity index (χ2v) is 11.9. The molecule has 4 rings (SSSR count). The second-order valence-electron chi connectivity index (χ2n) is 10.7. The molecule has 1 aromatic heterocycles. The van der Waals surface area contributed by atoms with Crippen molar-refractivity contribution in [3.05, 3.63) is 74.5 Å². The lowest BCUT2D eigenvalue weighted by Crippen LogP contribution is -2.34. The highest BCUT2D eigenvalue weighted by atomic mass is 35.5. The lowest BCUT2D eigenvalue weighted by atomic mass is 9.95. The van der Waals surface area contributed by atoms with Crippen molar-refractivity contribution in [2.24, 2.45) is 5.41 Å². The fraction of sp³-hybridized carbons (Fsp3) is 0.300. The molecule has 44 heavy (non-hydrogen) atoms. The molecule has 0 fully saturated rings. The van der Waals surface area contributed by atoms with Crippen molar-refractivity contribution in [3.63, 3.8) is 0 Å². The van der Waals surface area contributed by atoms with E-state index in [-0.39, 0.29) is 50.5 Å². The normalized spacial score (nSPS) is 11.6. The summed E-state index contributed by atoms with van der Waals surface area (Å²) in [4.78, 5) is 30.2.